The van der Waals surface area contributed by atoms with Crippen molar-refractivity contribution in [2.75, 3.05) is 26.2 Å². The van der Waals surface area contributed by atoms with Crippen molar-refractivity contribution in [3.8, 4) is 6.07 Å². The van der Waals surface area contributed by atoms with E-state index in [9.17, 15) is 10.1 Å². The Labute approximate surface area is 161 Å². The average Bonchev–Trinajstić information content (AvgIpc) is 3.13. The van der Waals surface area contributed by atoms with Crippen molar-refractivity contribution >= 4 is 17.5 Å². The van der Waals surface area contributed by atoms with Crippen LogP contribution in [0.5, 0.6) is 0 Å². The molecule has 2 aliphatic rings. The molecule has 2 fully saturated rings. The van der Waals surface area contributed by atoms with Crippen LogP contribution in [-0.4, -0.2) is 47.9 Å². The molecule has 0 aromatic heterocycles. The SMILES string of the molecule is CC(C)C(C#N)N1CCN(C(=O)C2(c3cccc(Cl)c3)CCCC2)CC1. The van der Waals surface area contributed by atoms with Crippen LogP contribution in [0, 0.1) is 17.2 Å². The maximum absolute atomic E-state index is 13.5. The van der Waals surface area contributed by atoms with E-state index in [1.807, 2.05) is 23.1 Å². The van der Waals surface area contributed by atoms with E-state index in [0.29, 0.717) is 24.0 Å². The molecule has 0 bridgehead atoms. The maximum atomic E-state index is 13.5. The molecular weight excluding hydrogens is 346 g/mol. The number of hydrogen-bond donors (Lipinski definition) is 0. The van der Waals surface area contributed by atoms with Gasteiger partial charge in [0.05, 0.1) is 11.5 Å². The molecule has 1 aliphatic heterocycles. The lowest BCUT2D eigenvalue weighted by molar-refractivity contribution is -0.139. The fraction of sp³-hybridized carbons (Fsp3) is 0.619. The third-order valence-electron chi connectivity index (χ3n) is 6.00. The quantitative estimate of drug-likeness (QED) is 0.805. The van der Waals surface area contributed by atoms with Crippen molar-refractivity contribution in [2.45, 2.75) is 51.0 Å². The van der Waals surface area contributed by atoms with Gasteiger partial charge >= 0.3 is 0 Å². The molecule has 1 amide bonds. The van der Waals surface area contributed by atoms with Crippen LogP contribution in [0.2, 0.25) is 5.02 Å². The van der Waals surface area contributed by atoms with Gasteiger partial charge in [-0.3, -0.25) is 9.69 Å². The molecule has 1 saturated heterocycles. The summed E-state index contributed by atoms with van der Waals surface area (Å²) in [5, 5.41) is 10.1. The van der Waals surface area contributed by atoms with Crippen molar-refractivity contribution in [3.05, 3.63) is 34.9 Å². The molecule has 0 spiro atoms. The minimum atomic E-state index is -0.417. The molecule has 5 heteroatoms. The van der Waals surface area contributed by atoms with E-state index in [0.717, 1.165) is 44.3 Å². The number of carbonyl (C=O) groups excluding carboxylic acids is 1. The lowest BCUT2D eigenvalue weighted by Gasteiger charge is -2.41. The zero-order valence-corrected chi connectivity index (χ0v) is 16.5. The Morgan fingerprint density at radius 3 is 2.38 bits per heavy atom. The molecule has 4 nitrogen and oxygen atoms in total. The van der Waals surface area contributed by atoms with Crippen LogP contribution in [0.1, 0.15) is 45.1 Å². The Bertz CT molecular complexity index is 683. The number of halogens is 1. The van der Waals surface area contributed by atoms with Crippen LogP contribution < -0.4 is 0 Å². The van der Waals surface area contributed by atoms with E-state index in [2.05, 4.69) is 30.9 Å². The highest BCUT2D eigenvalue weighted by molar-refractivity contribution is 6.30. The summed E-state index contributed by atoms with van der Waals surface area (Å²) in [6.45, 7) is 7.11. The number of carbonyl (C=O) groups is 1. The molecule has 0 N–H and O–H groups in total. The summed E-state index contributed by atoms with van der Waals surface area (Å²) in [6, 6.07) is 10.2. The minimum Gasteiger partial charge on any atom is -0.339 e. The Morgan fingerprint density at radius 2 is 1.85 bits per heavy atom. The van der Waals surface area contributed by atoms with Gasteiger partial charge in [0.2, 0.25) is 5.91 Å². The van der Waals surface area contributed by atoms with Crippen LogP contribution in [-0.2, 0) is 10.2 Å². The van der Waals surface area contributed by atoms with Gasteiger partial charge in [0.25, 0.3) is 0 Å². The second-order valence-corrected chi connectivity index (χ2v) is 8.38. The van der Waals surface area contributed by atoms with Gasteiger partial charge < -0.3 is 4.90 Å². The molecule has 1 aromatic carbocycles. The first kappa shape index (κ1) is 19.2. The van der Waals surface area contributed by atoms with E-state index >= 15 is 0 Å². The average molecular weight is 374 g/mol. The van der Waals surface area contributed by atoms with Gasteiger partial charge in [0, 0.05) is 31.2 Å². The number of rotatable bonds is 4. The Kier molecular flexibility index (Phi) is 5.89. The minimum absolute atomic E-state index is 0.0689. The first-order valence-electron chi connectivity index (χ1n) is 9.67. The fourth-order valence-corrected chi connectivity index (χ4v) is 4.74. The number of amides is 1. The van der Waals surface area contributed by atoms with Crippen LogP contribution in [0.25, 0.3) is 0 Å². The highest BCUT2D eigenvalue weighted by Crippen LogP contribution is 2.43. The van der Waals surface area contributed by atoms with Crippen molar-refractivity contribution in [1.29, 1.82) is 5.26 Å². The number of benzene rings is 1. The Morgan fingerprint density at radius 1 is 1.19 bits per heavy atom. The molecule has 1 saturated carbocycles. The van der Waals surface area contributed by atoms with Gasteiger partial charge in [-0.15, -0.1) is 0 Å². The first-order chi connectivity index (χ1) is 12.5. The van der Waals surface area contributed by atoms with Gasteiger partial charge in [-0.2, -0.15) is 5.26 Å². The van der Waals surface area contributed by atoms with Gasteiger partial charge in [-0.1, -0.05) is 50.4 Å². The summed E-state index contributed by atoms with van der Waals surface area (Å²) in [5.74, 6) is 0.546. The van der Waals surface area contributed by atoms with Gasteiger partial charge in [0.15, 0.2) is 0 Å². The third kappa shape index (κ3) is 3.61. The standard InChI is InChI=1S/C21H28ClN3O/c1-16(2)19(15-23)24-10-12-25(13-11-24)20(26)21(8-3-4-9-21)17-6-5-7-18(22)14-17/h5-7,14,16,19H,3-4,8-13H2,1-2H3. The topological polar surface area (TPSA) is 47.3 Å². The molecule has 1 aromatic rings. The fourth-order valence-electron chi connectivity index (χ4n) is 4.55. The summed E-state index contributed by atoms with van der Waals surface area (Å²) in [6.07, 6.45) is 3.97. The van der Waals surface area contributed by atoms with E-state index < -0.39 is 5.41 Å². The normalized spacial score (nSPS) is 21.6. The van der Waals surface area contributed by atoms with E-state index in [4.69, 9.17) is 11.6 Å². The lowest BCUT2D eigenvalue weighted by atomic mass is 9.77. The van der Waals surface area contributed by atoms with Crippen LogP contribution in [0.15, 0.2) is 24.3 Å². The van der Waals surface area contributed by atoms with Crippen molar-refractivity contribution in [1.82, 2.24) is 9.80 Å². The van der Waals surface area contributed by atoms with Gasteiger partial charge in [-0.05, 0) is 36.5 Å². The second kappa shape index (κ2) is 7.98. The summed E-state index contributed by atoms with van der Waals surface area (Å²) in [7, 11) is 0. The molecule has 1 heterocycles. The lowest BCUT2D eigenvalue weighted by Crippen LogP contribution is -2.56. The van der Waals surface area contributed by atoms with Crippen LogP contribution >= 0.6 is 11.6 Å². The highest BCUT2D eigenvalue weighted by atomic mass is 35.5. The number of piperazine rings is 1. The van der Waals surface area contributed by atoms with Crippen LogP contribution in [0.4, 0.5) is 0 Å². The molecule has 26 heavy (non-hydrogen) atoms. The smallest absolute Gasteiger partial charge is 0.233 e. The highest BCUT2D eigenvalue weighted by Gasteiger charge is 2.45. The second-order valence-electron chi connectivity index (χ2n) is 7.95. The summed E-state index contributed by atoms with van der Waals surface area (Å²) < 4.78 is 0. The Hall–Kier alpha value is -1.57. The largest absolute Gasteiger partial charge is 0.339 e. The van der Waals surface area contributed by atoms with Crippen LogP contribution in [0.3, 0.4) is 0 Å². The zero-order chi connectivity index (χ0) is 18.7. The third-order valence-corrected chi connectivity index (χ3v) is 6.24. The van der Waals surface area contributed by atoms with E-state index in [1.54, 1.807) is 0 Å². The first-order valence-corrected chi connectivity index (χ1v) is 10.0. The number of nitriles is 1. The molecule has 140 valence electrons. The van der Waals surface area contributed by atoms with E-state index in [1.165, 1.54) is 0 Å². The number of hydrogen-bond acceptors (Lipinski definition) is 3. The monoisotopic (exact) mass is 373 g/mol. The van der Waals surface area contributed by atoms with Crippen molar-refractivity contribution in [2.24, 2.45) is 5.92 Å². The Balaban J connectivity index is 1.75. The number of nitrogens with zero attached hydrogens (tertiary/aromatic N) is 3. The maximum Gasteiger partial charge on any atom is 0.233 e. The molecular formula is C21H28ClN3O. The molecule has 0 radical (unpaired) electrons. The van der Waals surface area contributed by atoms with E-state index in [-0.39, 0.29) is 11.9 Å². The predicted octanol–water partition coefficient (Wildman–Crippen LogP) is 3.84. The molecule has 1 atom stereocenters. The predicted molar refractivity (Wildman–Crippen MR) is 104 cm³/mol. The van der Waals surface area contributed by atoms with Gasteiger partial charge in [-0.25, -0.2) is 0 Å². The zero-order valence-electron chi connectivity index (χ0n) is 15.7. The molecule has 1 aliphatic carbocycles. The molecule has 3 rings (SSSR count). The summed E-state index contributed by atoms with van der Waals surface area (Å²) >= 11 is 6.21. The van der Waals surface area contributed by atoms with Gasteiger partial charge in [0.1, 0.15) is 6.04 Å². The van der Waals surface area contributed by atoms with Crippen molar-refractivity contribution < 1.29 is 4.79 Å². The summed E-state index contributed by atoms with van der Waals surface area (Å²) in [4.78, 5) is 17.7. The molecule has 1 unspecified atom stereocenters. The van der Waals surface area contributed by atoms with Crippen molar-refractivity contribution in [3.63, 3.8) is 0 Å². The summed E-state index contributed by atoms with van der Waals surface area (Å²) in [5.41, 5.74) is 0.645.